The van der Waals surface area contributed by atoms with E-state index in [9.17, 15) is 4.79 Å². The van der Waals surface area contributed by atoms with Crippen LogP contribution in [0.25, 0.3) is 6.08 Å². The summed E-state index contributed by atoms with van der Waals surface area (Å²) in [5, 5.41) is 2.97. The molecule has 0 fully saturated rings. The van der Waals surface area contributed by atoms with E-state index in [0.717, 1.165) is 6.42 Å². The van der Waals surface area contributed by atoms with Crippen LogP contribution in [0.2, 0.25) is 0 Å². The van der Waals surface area contributed by atoms with Crippen molar-refractivity contribution in [1.29, 1.82) is 0 Å². The molecule has 1 N–H and O–H groups in total. The van der Waals surface area contributed by atoms with Gasteiger partial charge in [-0.3, -0.25) is 4.79 Å². The van der Waals surface area contributed by atoms with Crippen molar-refractivity contribution in [2.75, 3.05) is 0 Å². The maximum atomic E-state index is 11.8. The average molecular weight is 283 g/mol. The van der Waals surface area contributed by atoms with Crippen LogP contribution >= 0.6 is 0 Å². The summed E-state index contributed by atoms with van der Waals surface area (Å²) in [4.78, 5) is 11.8. The van der Waals surface area contributed by atoms with E-state index < -0.39 is 0 Å². The molecule has 0 saturated heterocycles. The summed E-state index contributed by atoms with van der Waals surface area (Å²) >= 11 is 0. The Labute approximate surface area is 125 Å². The van der Waals surface area contributed by atoms with Gasteiger partial charge in [-0.2, -0.15) is 0 Å². The lowest BCUT2D eigenvalue weighted by Gasteiger charge is -2.14. The van der Waals surface area contributed by atoms with Crippen LogP contribution in [0.4, 0.5) is 0 Å². The molecular formula is C18H21NO2. The fourth-order valence-corrected chi connectivity index (χ4v) is 2.29. The van der Waals surface area contributed by atoms with Gasteiger partial charge in [-0.15, -0.1) is 0 Å². The Hall–Kier alpha value is -2.29. The molecule has 0 saturated carbocycles. The van der Waals surface area contributed by atoms with Crippen molar-refractivity contribution in [1.82, 2.24) is 5.32 Å². The standard InChI is InChI=1S/C18H21NO2/c1-13-6-7-16(14(2)11-13)12-15(3)19-18(20)9-8-17-5-4-10-21-17/h4-11,15H,12H2,1-3H3,(H,19,20). The van der Waals surface area contributed by atoms with Crippen molar-refractivity contribution in [3.05, 3.63) is 65.1 Å². The molecule has 1 heterocycles. The molecule has 1 unspecified atom stereocenters. The normalized spacial score (nSPS) is 12.5. The fraction of sp³-hybridized carbons (Fsp3) is 0.278. The molecule has 3 nitrogen and oxygen atoms in total. The van der Waals surface area contributed by atoms with Crippen LogP contribution in [0.1, 0.15) is 29.4 Å². The molecule has 1 aromatic carbocycles. The number of rotatable bonds is 5. The quantitative estimate of drug-likeness (QED) is 0.851. The van der Waals surface area contributed by atoms with Crippen molar-refractivity contribution < 1.29 is 9.21 Å². The van der Waals surface area contributed by atoms with Gasteiger partial charge in [0.2, 0.25) is 5.91 Å². The highest BCUT2D eigenvalue weighted by molar-refractivity contribution is 5.91. The number of aryl methyl sites for hydroxylation is 2. The Morgan fingerprint density at radius 3 is 2.81 bits per heavy atom. The van der Waals surface area contributed by atoms with Crippen LogP contribution in [0, 0.1) is 13.8 Å². The van der Waals surface area contributed by atoms with E-state index in [4.69, 9.17) is 4.42 Å². The van der Waals surface area contributed by atoms with Crippen LogP contribution < -0.4 is 5.32 Å². The molecule has 0 aliphatic rings. The second-order valence-corrected chi connectivity index (χ2v) is 5.39. The van der Waals surface area contributed by atoms with E-state index in [1.165, 1.54) is 22.8 Å². The predicted octanol–water partition coefficient (Wildman–Crippen LogP) is 3.66. The second-order valence-electron chi connectivity index (χ2n) is 5.39. The third kappa shape index (κ3) is 4.63. The number of nitrogens with one attached hydrogen (secondary N) is 1. The molecule has 1 aromatic heterocycles. The molecule has 1 atom stereocenters. The number of benzene rings is 1. The average Bonchev–Trinajstić information content (AvgIpc) is 2.93. The van der Waals surface area contributed by atoms with Gasteiger partial charge < -0.3 is 9.73 Å². The number of carbonyl (C=O) groups is 1. The highest BCUT2D eigenvalue weighted by atomic mass is 16.3. The van der Waals surface area contributed by atoms with Gasteiger partial charge in [0, 0.05) is 12.1 Å². The Bertz CT molecular complexity index is 627. The first-order chi connectivity index (χ1) is 10.0. The lowest BCUT2D eigenvalue weighted by molar-refractivity contribution is -0.117. The fourth-order valence-electron chi connectivity index (χ4n) is 2.29. The first kappa shape index (κ1) is 15.1. The maximum absolute atomic E-state index is 11.8. The van der Waals surface area contributed by atoms with Crippen LogP contribution in [0.5, 0.6) is 0 Å². The smallest absolute Gasteiger partial charge is 0.244 e. The third-order valence-electron chi connectivity index (χ3n) is 3.36. The first-order valence-electron chi connectivity index (χ1n) is 7.13. The SMILES string of the molecule is Cc1ccc(CC(C)NC(=O)C=Cc2ccco2)c(C)c1. The zero-order valence-electron chi connectivity index (χ0n) is 12.7. The summed E-state index contributed by atoms with van der Waals surface area (Å²) in [5.74, 6) is 0.566. The van der Waals surface area contributed by atoms with Gasteiger partial charge in [-0.1, -0.05) is 23.8 Å². The van der Waals surface area contributed by atoms with E-state index in [1.54, 1.807) is 18.4 Å². The van der Waals surface area contributed by atoms with Crippen molar-refractivity contribution >= 4 is 12.0 Å². The van der Waals surface area contributed by atoms with Gasteiger partial charge in [-0.25, -0.2) is 0 Å². The number of amides is 1. The van der Waals surface area contributed by atoms with E-state index in [2.05, 4.69) is 37.4 Å². The zero-order valence-corrected chi connectivity index (χ0v) is 12.7. The molecule has 2 aromatic rings. The highest BCUT2D eigenvalue weighted by Gasteiger charge is 2.08. The minimum Gasteiger partial charge on any atom is -0.465 e. The van der Waals surface area contributed by atoms with Gasteiger partial charge in [0.05, 0.1) is 6.26 Å². The summed E-state index contributed by atoms with van der Waals surface area (Å²) in [6.07, 6.45) is 5.57. The molecule has 21 heavy (non-hydrogen) atoms. The molecule has 3 heteroatoms. The van der Waals surface area contributed by atoms with E-state index >= 15 is 0 Å². The predicted molar refractivity (Wildman–Crippen MR) is 85.0 cm³/mol. The summed E-state index contributed by atoms with van der Waals surface area (Å²) in [7, 11) is 0. The molecule has 2 rings (SSSR count). The Kier molecular flexibility index (Phi) is 4.99. The van der Waals surface area contributed by atoms with Gasteiger partial charge in [0.1, 0.15) is 5.76 Å². The minimum atomic E-state index is -0.108. The van der Waals surface area contributed by atoms with Crippen molar-refractivity contribution in [2.24, 2.45) is 0 Å². The molecule has 0 aliphatic heterocycles. The first-order valence-corrected chi connectivity index (χ1v) is 7.13. The minimum absolute atomic E-state index is 0.0835. The van der Waals surface area contributed by atoms with E-state index in [1.807, 2.05) is 13.0 Å². The molecular weight excluding hydrogens is 262 g/mol. The van der Waals surface area contributed by atoms with Crippen LogP contribution in [0.15, 0.2) is 47.1 Å². The van der Waals surface area contributed by atoms with Gasteiger partial charge >= 0.3 is 0 Å². The molecule has 0 radical (unpaired) electrons. The number of hydrogen-bond donors (Lipinski definition) is 1. The monoisotopic (exact) mass is 283 g/mol. The Morgan fingerprint density at radius 1 is 1.33 bits per heavy atom. The number of hydrogen-bond acceptors (Lipinski definition) is 2. The van der Waals surface area contributed by atoms with Crippen molar-refractivity contribution in [3.8, 4) is 0 Å². The van der Waals surface area contributed by atoms with E-state index in [-0.39, 0.29) is 11.9 Å². The lowest BCUT2D eigenvalue weighted by Crippen LogP contribution is -2.32. The third-order valence-corrected chi connectivity index (χ3v) is 3.36. The lowest BCUT2D eigenvalue weighted by atomic mass is 10.00. The zero-order chi connectivity index (χ0) is 15.2. The van der Waals surface area contributed by atoms with Crippen molar-refractivity contribution in [3.63, 3.8) is 0 Å². The Morgan fingerprint density at radius 2 is 2.14 bits per heavy atom. The number of carbonyl (C=O) groups excluding carboxylic acids is 1. The summed E-state index contributed by atoms with van der Waals surface area (Å²) in [5.41, 5.74) is 3.79. The molecule has 0 bridgehead atoms. The van der Waals surface area contributed by atoms with Gasteiger partial charge in [-0.05, 0) is 56.5 Å². The van der Waals surface area contributed by atoms with Crippen LogP contribution in [-0.4, -0.2) is 11.9 Å². The molecule has 110 valence electrons. The topological polar surface area (TPSA) is 42.2 Å². The molecule has 0 spiro atoms. The second kappa shape index (κ2) is 6.93. The Balaban J connectivity index is 1.89. The highest BCUT2D eigenvalue weighted by Crippen LogP contribution is 2.12. The summed E-state index contributed by atoms with van der Waals surface area (Å²) in [6.45, 7) is 6.20. The van der Waals surface area contributed by atoms with Gasteiger partial charge in [0.15, 0.2) is 0 Å². The summed E-state index contributed by atoms with van der Waals surface area (Å²) < 4.78 is 5.14. The maximum Gasteiger partial charge on any atom is 0.244 e. The van der Waals surface area contributed by atoms with Crippen molar-refractivity contribution in [2.45, 2.75) is 33.2 Å². The van der Waals surface area contributed by atoms with Crippen LogP contribution in [-0.2, 0) is 11.2 Å². The molecule has 0 aliphatic carbocycles. The number of furan rings is 1. The van der Waals surface area contributed by atoms with E-state index in [0.29, 0.717) is 5.76 Å². The molecule has 1 amide bonds. The largest absolute Gasteiger partial charge is 0.465 e. The van der Waals surface area contributed by atoms with Gasteiger partial charge in [0.25, 0.3) is 0 Å². The van der Waals surface area contributed by atoms with Crippen LogP contribution in [0.3, 0.4) is 0 Å². The summed E-state index contributed by atoms with van der Waals surface area (Å²) in [6, 6.07) is 10.1.